The van der Waals surface area contributed by atoms with Gasteiger partial charge >= 0.3 is 0 Å². The summed E-state index contributed by atoms with van der Waals surface area (Å²) < 4.78 is 0. The van der Waals surface area contributed by atoms with E-state index in [0.717, 1.165) is 35.7 Å². The van der Waals surface area contributed by atoms with Crippen LogP contribution in [0.1, 0.15) is 24.5 Å². The van der Waals surface area contributed by atoms with Crippen molar-refractivity contribution >= 4 is 17.4 Å². The minimum atomic E-state index is 0.488. The number of rotatable bonds is 3. The first-order valence-electron chi connectivity index (χ1n) is 6.38. The summed E-state index contributed by atoms with van der Waals surface area (Å²) in [7, 11) is 0. The molecule has 0 radical (unpaired) electrons. The molecule has 3 nitrogen and oxygen atoms in total. The Balaban J connectivity index is 2.24. The number of nitriles is 1. The molecule has 0 spiro atoms. The van der Waals surface area contributed by atoms with Crippen molar-refractivity contribution < 1.29 is 0 Å². The zero-order valence-corrected chi connectivity index (χ0v) is 11.5. The SMILES string of the molecule is CCC1CN(c2ccc(CN)cc2C#N)CCS1. The summed E-state index contributed by atoms with van der Waals surface area (Å²) in [6.45, 7) is 4.78. The molecule has 2 N–H and O–H groups in total. The smallest absolute Gasteiger partial charge is 0.101 e. The number of thioether (sulfide) groups is 1. The van der Waals surface area contributed by atoms with Gasteiger partial charge in [0, 0.05) is 30.6 Å². The number of nitrogens with two attached hydrogens (primary N) is 1. The monoisotopic (exact) mass is 261 g/mol. The molecule has 1 aliphatic rings. The van der Waals surface area contributed by atoms with E-state index in [9.17, 15) is 5.26 Å². The van der Waals surface area contributed by atoms with Crippen molar-refractivity contribution in [1.29, 1.82) is 5.26 Å². The fraction of sp³-hybridized carbons (Fsp3) is 0.500. The van der Waals surface area contributed by atoms with Crippen LogP contribution < -0.4 is 10.6 Å². The second kappa shape index (κ2) is 6.12. The van der Waals surface area contributed by atoms with E-state index in [0.29, 0.717) is 11.8 Å². The average molecular weight is 261 g/mol. The third-order valence-electron chi connectivity index (χ3n) is 3.35. The normalized spacial score (nSPS) is 19.6. The van der Waals surface area contributed by atoms with Gasteiger partial charge in [-0.15, -0.1) is 0 Å². The van der Waals surface area contributed by atoms with Crippen molar-refractivity contribution in [2.45, 2.75) is 25.1 Å². The molecule has 0 saturated carbocycles. The highest BCUT2D eigenvalue weighted by Crippen LogP contribution is 2.28. The molecule has 0 aliphatic carbocycles. The van der Waals surface area contributed by atoms with Gasteiger partial charge in [-0.2, -0.15) is 17.0 Å². The lowest BCUT2D eigenvalue weighted by Gasteiger charge is -2.34. The number of hydrogen-bond acceptors (Lipinski definition) is 4. The van der Waals surface area contributed by atoms with Crippen LogP contribution in [-0.4, -0.2) is 24.1 Å². The lowest BCUT2D eigenvalue weighted by atomic mass is 10.1. The van der Waals surface area contributed by atoms with Crippen molar-refractivity contribution in [3.8, 4) is 6.07 Å². The van der Waals surface area contributed by atoms with E-state index in [2.05, 4.69) is 17.9 Å². The van der Waals surface area contributed by atoms with Crippen LogP contribution in [0.25, 0.3) is 0 Å². The molecule has 1 heterocycles. The summed E-state index contributed by atoms with van der Waals surface area (Å²) in [5.74, 6) is 1.14. The molecule has 1 atom stereocenters. The molecule has 0 aromatic heterocycles. The molecule has 96 valence electrons. The Bertz CT molecular complexity index is 453. The Hall–Kier alpha value is -1.18. The average Bonchev–Trinajstić information content (AvgIpc) is 2.46. The summed E-state index contributed by atoms with van der Waals surface area (Å²) in [6.07, 6.45) is 1.18. The van der Waals surface area contributed by atoms with Crippen molar-refractivity contribution in [1.82, 2.24) is 0 Å². The molecule has 4 heteroatoms. The first-order chi connectivity index (χ1) is 8.78. The molecule has 2 rings (SSSR count). The third-order valence-corrected chi connectivity index (χ3v) is 4.72. The van der Waals surface area contributed by atoms with E-state index in [-0.39, 0.29) is 0 Å². The van der Waals surface area contributed by atoms with Crippen LogP contribution in [-0.2, 0) is 6.54 Å². The Labute approximate surface area is 113 Å². The molecule has 1 fully saturated rings. The number of anilines is 1. The molecule has 18 heavy (non-hydrogen) atoms. The molecular formula is C14H19N3S. The van der Waals surface area contributed by atoms with Crippen LogP contribution in [0.2, 0.25) is 0 Å². The molecule has 0 bridgehead atoms. The molecule has 1 aromatic rings. The first kappa shape index (κ1) is 13.3. The van der Waals surface area contributed by atoms with Gasteiger partial charge in [-0.05, 0) is 24.1 Å². The van der Waals surface area contributed by atoms with Crippen molar-refractivity contribution in [2.75, 3.05) is 23.7 Å². The van der Waals surface area contributed by atoms with Gasteiger partial charge in [-0.25, -0.2) is 0 Å². The summed E-state index contributed by atoms with van der Waals surface area (Å²) in [5.41, 5.74) is 8.45. The van der Waals surface area contributed by atoms with Gasteiger partial charge in [0.1, 0.15) is 6.07 Å². The second-order valence-corrected chi connectivity index (χ2v) is 5.92. The second-order valence-electron chi connectivity index (χ2n) is 4.51. The largest absolute Gasteiger partial charge is 0.369 e. The van der Waals surface area contributed by atoms with Crippen molar-refractivity contribution in [3.05, 3.63) is 29.3 Å². The van der Waals surface area contributed by atoms with Gasteiger partial charge in [-0.1, -0.05) is 13.0 Å². The molecule has 1 saturated heterocycles. The predicted octanol–water partition coefficient (Wildman–Crippen LogP) is 2.35. The van der Waals surface area contributed by atoms with Crippen molar-refractivity contribution in [3.63, 3.8) is 0 Å². The summed E-state index contributed by atoms with van der Waals surface area (Å²) in [4.78, 5) is 2.34. The zero-order chi connectivity index (χ0) is 13.0. The lowest BCUT2D eigenvalue weighted by molar-refractivity contribution is 0.727. The van der Waals surface area contributed by atoms with Crippen LogP contribution >= 0.6 is 11.8 Å². The maximum Gasteiger partial charge on any atom is 0.101 e. The Morgan fingerprint density at radius 3 is 3.06 bits per heavy atom. The quantitative estimate of drug-likeness (QED) is 0.907. The van der Waals surface area contributed by atoms with Gasteiger partial charge in [0.05, 0.1) is 11.3 Å². The fourth-order valence-corrected chi connectivity index (χ4v) is 3.44. The highest BCUT2D eigenvalue weighted by atomic mass is 32.2. The molecule has 0 amide bonds. The Kier molecular flexibility index (Phi) is 4.51. The van der Waals surface area contributed by atoms with Crippen LogP contribution in [0.3, 0.4) is 0 Å². The summed E-state index contributed by atoms with van der Waals surface area (Å²) >= 11 is 2.04. The fourth-order valence-electron chi connectivity index (χ4n) is 2.26. The van der Waals surface area contributed by atoms with Crippen LogP contribution in [0.4, 0.5) is 5.69 Å². The van der Waals surface area contributed by atoms with E-state index >= 15 is 0 Å². The van der Waals surface area contributed by atoms with Crippen LogP contribution in [0, 0.1) is 11.3 Å². The van der Waals surface area contributed by atoms with Crippen LogP contribution in [0.5, 0.6) is 0 Å². The van der Waals surface area contributed by atoms with E-state index in [1.54, 1.807) is 0 Å². The van der Waals surface area contributed by atoms with E-state index in [4.69, 9.17) is 5.73 Å². The predicted molar refractivity (Wildman–Crippen MR) is 77.8 cm³/mol. The summed E-state index contributed by atoms with van der Waals surface area (Å²) in [6, 6.07) is 8.28. The van der Waals surface area contributed by atoms with E-state index in [1.165, 1.54) is 6.42 Å². The number of benzene rings is 1. The maximum atomic E-state index is 9.27. The first-order valence-corrected chi connectivity index (χ1v) is 7.43. The molecule has 1 aromatic carbocycles. The highest BCUT2D eigenvalue weighted by Gasteiger charge is 2.21. The van der Waals surface area contributed by atoms with E-state index in [1.807, 2.05) is 30.0 Å². The van der Waals surface area contributed by atoms with Gasteiger partial charge < -0.3 is 10.6 Å². The Morgan fingerprint density at radius 2 is 2.39 bits per heavy atom. The molecule has 1 aliphatic heterocycles. The number of hydrogen-bond donors (Lipinski definition) is 1. The highest BCUT2D eigenvalue weighted by molar-refractivity contribution is 8.00. The van der Waals surface area contributed by atoms with Crippen molar-refractivity contribution in [2.24, 2.45) is 5.73 Å². The minimum Gasteiger partial charge on any atom is -0.369 e. The minimum absolute atomic E-state index is 0.488. The van der Waals surface area contributed by atoms with Gasteiger partial charge in [0.15, 0.2) is 0 Å². The van der Waals surface area contributed by atoms with Gasteiger partial charge in [-0.3, -0.25) is 0 Å². The summed E-state index contributed by atoms with van der Waals surface area (Å²) in [5, 5.41) is 9.95. The standard InChI is InChI=1S/C14H19N3S/c1-2-13-10-17(5-6-18-13)14-4-3-11(8-15)7-12(14)9-16/h3-4,7,13H,2,5-6,8,10,15H2,1H3. The van der Waals surface area contributed by atoms with Gasteiger partial charge in [0.2, 0.25) is 0 Å². The van der Waals surface area contributed by atoms with Crippen LogP contribution in [0.15, 0.2) is 18.2 Å². The number of nitrogens with zero attached hydrogens (tertiary/aromatic N) is 2. The third kappa shape index (κ3) is 2.80. The van der Waals surface area contributed by atoms with Gasteiger partial charge in [0.25, 0.3) is 0 Å². The topological polar surface area (TPSA) is 53.0 Å². The van der Waals surface area contributed by atoms with E-state index < -0.39 is 0 Å². The zero-order valence-electron chi connectivity index (χ0n) is 10.7. The Morgan fingerprint density at radius 1 is 1.56 bits per heavy atom. The lowest BCUT2D eigenvalue weighted by Crippen LogP contribution is -2.38. The maximum absolute atomic E-state index is 9.27. The molecule has 1 unspecified atom stereocenters. The molecular weight excluding hydrogens is 242 g/mol.